The number of nitrogens with two attached hydrogens (primary N) is 1. The molecule has 1 aromatic rings. The van der Waals surface area contributed by atoms with Crippen molar-refractivity contribution in [1.82, 2.24) is 0 Å². The highest BCUT2D eigenvalue weighted by Crippen LogP contribution is 2.27. The number of nitro groups is 1. The summed E-state index contributed by atoms with van der Waals surface area (Å²) in [7, 11) is 0. The molecule has 0 unspecified atom stereocenters. The molecule has 2 N–H and O–H groups in total. The first-order valence-corrected chi connectivity index (χ1v) is 5.82. The molecule has 0 aliphatic carbocycles. The lowest BCUT2D eigenvalue weighted by Gasteiger charge is -2.07. The van der Waals surface area contributed by atoms with Gasteiger partial charge in [-0.15, -0.1) is 0 Å². The average molecular weight is 282 g/mol. The summed E-state index contributed by atoms with van der Waals surface area (Å²) >= 11 is 0. The van der Waals surface area contributed by atoms with E-state index in [0.29, 0.717) is 0 Å². The second kappa shape index (κ2) is 7.07. The highest BCUT2D eigenvalue weighted by atomic mass is 16.6. The van der Waals surface area contributed by atoms with E-state index in [1.165, 1.54) is 12.1 Å². The lowest BCUT2D eigenvalue weighted by atomic mass is 10.2. The Labute approximate surface area is 114 Å². The molecule has 8 heteroatoms. The van der Waals surface area contributed by atoms with Crippen molar-refractivity contribution in [3.05, 3.63) is 33.9 Å². The van der Waals surface area contributed by atoms with E-state index in [4.69, 9.17) is 15.2 Å². The normalized spacial score (nSPS) is 9.85. The van der Waals surface area contributed by atoms with E-state index in [2.05, 4.69) is 0 Å². The van der Waals surface area contributed by atoms with E-state index < -0.39 is 16.8 Å². The van der Waals surface area contributed by atoms with Gasteiger partial charge in [0.2, 0.25) is 5.91 Å². The fourth-order valence-corrected chi connectivity index (χ4v) is 1.41. The van der Waals surface area contributed by atoms with Crippen LogP contribution in [0, 0.1) is 10.1 Å². The maximum atomic E-state index is 11.1. The molecule has 1 amide bonds. The Hall–Kier alpha value is -2.64. The molecule has 20 heavy (non-hydrogen) atoms. The number of nitrogens with zero attached hydrogens (tertiary/aromatic N) is 1. The van der Waals surface area contributed by atoms with Crippen LogP contribution in [-0.2, 0) is 9.53 Å². The Morgan fingerprint density at radius 2 is 2.10 bits per heavy atom. The number of rotatable bonds is 7. The molecule has 0 aliphatic rings. The summed E-state index contributed by atoms with van der Waals surface area (Å²) in [4.78, 5) is 32.2. The number of hydrogen-bond donors (Lipinski definition) is 1. The Morgan fingerprint density at radius 1 is 1.40 bits per heavy atom. The van der Waals surface area contributed by atoms with Crippen molar-refractivity contribution in [3.63, 3.8) is 0 Å². The lowest BCUT2D eigenvalue weighted by Crippen LogP contribution is -2.12. The number of hydrogen-bond acceptors (Lipinski definition) is 6. The van der Waals surface area contributed by atoms with Gasteiger partial charge in [-0.1, -0.05) is 0 Å². The van der Waals surface area contributed by atoms with Crippen LogP contribution in [0.4, 0.5) is 5.69 Å². The number of carbonyl (C=O) groups excluding carboxylic acids is 2. The van der Waals surface area contributed by atoms with Crippen LogP contribution < -0.4 is 10.5 Å². The molecule has 0 saturated heterocycles. The lowest BCUT2D eigenvalue weighted by molar-refractivity contribution is -0.385. The van der Waals surface area contributed by atoms with E-state index in [0.717, 1.165) is 6.07 Å². The third-order valence-electron chi connectivity index (χ3n) is 2.31. The zero-order chi connectivity index (χ0) is 15.1. The zero-order valence-corrected chi connectivity index (χ0v) is 10.8. The molecule has 8 nitrogen and oxygen atoms in total. The van der Waals surface area contributed by atoms with Gasteiger partial charge in [0, 0.05) is 11.6 Å². The number of benzene rings is 1. The van der Waals surface area contributed by atoms with Gasteiger partial charge in [0.1, 0.15) is 0 Å². The Balaban J connectivity index is 2.77. The smallest absolute Gasteiger partial charge is 0.311 e. The standard InChI is InChI=1S/C12H14N2O6/c1-2-19-11(15)5-6-20-10-4-3-8(12(13)16)7-9(10)14(17)18/h3-4,7H,2,5-6H2,1H3,(H2,13,16). The van der Waals surface area contributed by atoms with Crippen molar-refractivity contribution in [3.8, 4) is 5.75 Å². The maximum absolute atomic E-state index is 11.1. The Kier molecular flexibility index (Phi) is 5.45. The minimum atomic E-state index is -0.772. The monoisotopic (exact) mass is 282 g/mol. The molecule has 1 rings (SSSR count). The summed E-state index contributed by atoms with van der Waals surface area (Å²) in [6.07, 6.45) is -0.0252. The number of primary amides is 1. The molecule has 0 radical (unpaired) electrons. The molecule has 0 atom stereocenters. The SMILES string of the molecule is CCOC(=O)CCOc1ccc(C(N)=O)cc1[N+](=O)[O-]. The summed E-state index contributed by atoms with van der Waals surface area (Å²) in [5.74, 6) is -1.26. The predicted molar refractivity (Wildman–Crippen MR) is 68.4 cm³/mol. The van der Waals surface area contributed by atoms with Crippen molar-refractivity contribution in [2.75, 3.05) is 13.2 Å². The fourth-order valence-electron chi connectivity index (χ4n) is 1.41. The van der Waals surface area contributed by atoms with Gasteiger partial charge in [-0.2, -0.15) is 0 Å². The highest BCUT2D eigenvalue weighted by molar-refractivity contribution is 5.93. The van der Waals surface area contributed by atoms with Crippen molar-refractivity contribution < 1.29 is 24.0 Å². The highest BCUT2D eigenvalue weighted by Gasteiger charge is 2.18. The minimum absolute atomic E-state index is 0.00874. The van der Waals surface area contributed by atoms with Gasteiger partial charge < -0.3 is 15.2 Å². The van der Waals surface area contributed by atoms with Crippen LogP contribution >= 0.6 is 0 Å². The largest absolute Gasteiger partial charge is 0.486 e. The van der Waals surface area contributed by atoms with E-state index in [1.807, 2.05) is 0 Å². The van der Waals surface area contributed by atoms with Crippen LogP contribution in [0.3, 0.4) is 0 Å². The van der Waals surface area contributed by atoms with Crippen molar-refractivity contribution in [2.24, 2.45) is 5.73 Å². The van der Waals surface area contributed by atoms with Gasteiger partial charge in [0.15, 0.2) is 5.75 Å². The molecule has 0 spiro atoms. The van der Waals surface area contributed by atoms with Crippen molar-refractivity contribution >= 4 is 17.6 Å². The number of carbonyl (C=O) groups is 2. The maximum Gasteiger partial charge on any atom is 0.311 e. The Bertz CT molecular complexity index is 529. The number of amides is 1. The molecular formula is C12H14N2O6. The molecule has 0 saturated carbocycles. The van der Waals surface area contributed by atoms with Crippen molar-refractivity contribution in [2.45, 2.75) is 13.3 Å². The number of ether oxygens (including phenoxy) is 2. The van der Waals surface area contributed by atoms with Crippen LogP contribution in [0.2, 0.25) is 0 Å². The van der Waals surface area contributed by atoms with E-state index in [9.17, 15) is 19.7 Å². The molecule has 108 valence electrons. The van der Waals surface area contributed by atoms with Gasteiger partial charge in [-0.25, -0.2) is 0 Å². The van der Waals surface area contributed by atoms with Gasteiger partial charge >= 0.3 is 11.7 Å². The predicted octanol–water partition coefficient (Wildman–Crippen LogP) is 1.03. The van der Waals surface area contributed by atoms with Crippen molar-refractivity contribution in [1.29, 1.82) is 0 Å². The fraction of sp³-hybridized carbons (Fsp3) is 0.333. The second-order valence-corrected chi connectivity index (χ2v) is 3.71. The average Bonchev–Trinajstić information content (AvgIpc) is 2.38. The van der Waals surface area contributed by atoms with Crippen LogP contribution in [0.5, 0.6) is 5.75 Å². The molecule has 1 aromatic carbocycles. The van der Waals surface area contributed by atoms with Crippen LogP contribution in [-0.4, -0.2) is 30.0 Å². The second-order valence-electron chi connectivity index (χ2n) is 3.71. The summed E-state index contributed by atoms with van der Waals surface area (Å²) < 4.78 is 9.85. The van der Waals surface area contributed by atoms with Gasteiger partial charge in [-0.05, 0) is 19.1 Å². The summed E-state index contributed by atoms with van der Waals surface area (Å²) in [5, 5.41) is 10.9. The molecule has 0 fully saturated rings. The quantitative estimate of drug-likeness (QED) is 0.452. The summed E-state index contributed by atoms with van der Waals surface area (Å²) in [6.45, 7) is 1.87. The first-order chi connectivity index (χ1) is 9.45. The first-order valence-electron chi connectivity index (χ1n) is 5.82. The van der Waals surface area contributed by atoms with E-state index in [1.54, 1.807) is 6.92 Å². The Morgan fingerprint density at radius 3 is 2.65 bits per heavy atom. The van der Waals surface area contributed by atoms with Gasteiger partial charge in [0.25, 0.3) is 0 Å². The van der Waals surface area contributed by atoms with Gasteiger partial charge in [-0.3, -0.25) is 19.7 Å². The molecule has 0 bridgehead atoms. The topological polar surface area (TPSA) is 122 Å². The van der Waals surface area contributed by atoms with Gasteiger partial charge in [0.05, 0.1) is 24.6 Å². The molecule has 0 heterocycles. The first kappa shape index (κ1) is 15.4. The third kappa shape index (κ3) is 4.23. The minimum Gasteiger partial charge on any atom is -0.486 e. The third-order valence-corrected chi connectivity index (χ3v) is 2.31. The summed E-state index contributed by atoms with van der Waals surface area (Å²) in [5.41, 5.74) is 4.67. The zero-order valence-electron chi connectivity index (χ0n) is 10.8. The molecule has 0 aromatic heterocycles. The molecular weight excluding hydrogens is 268 g/mol. The number of nitro benzene ring substituents is 1. The van der Waals surface area contributed by atoms with Crippen LogP contribution in [0.1, 0.15) is 23.7 Å². The van der Waals surface area contributed by atoms with Crippen LogP contribution in [0.15, 0.2) is 18.2 Å². The van der Waals surface area contributed by atoms with Crippen LogP contribution in [0.25, 0.3) is 0 Å². The number of esters is 1. The molecule has 0 aliphatic heterocycles. The van der Waals surface area contributed by atoms with E-state index >= 15 is 0 Å². The van der Waals surface area contributed by atoms with E-state index in [-0.39, 0.29) is 36.6 Å². The summed E-state index contributed by atoms with van der Waals surface area (Å²) in [6, 6.07) is 3.61.